The molecule has 29 heavy (non-hydrogen) atoms. The second-order valence-electron chi connectivity index (χ2n) is 6.91. The van der Waals surface area contributed by atoms with E-state index in [1.807, 2.05) is 13.8 Å². The van der Waals surface area contributed by atoms with Gasteiger partial charge in [0.2, 0.25) is 5.91 Å². The Morgan fingerprint density at radius 1 is 1.31 bits per heavy atom. The zero-order valence-electron chi connectivity index (χ0n) is 17.1. The first-order valence-electron chi connectivity index (χ1n) is 9.22. The minimum Gasteiger partial charge on any atom is -0.467 e. The maximum atomic E-state index is 12.8. The third-order valence-corrected chi connectivity index (χ3v) is 5.40. The molecule has 0 aliphatic heterocycles. The van der Waals surface area contributed by atoms with Gasteiger partial charge in [-0.3, -0.25) is 14.2 Å². The van der Waals surface area contributed by atoms with E-state index in [1.165, 1.54) is 13.4 Å². The predicted octanol–water partition coefficient (Wildman–Crippen LogP) is 1.65. The van der Waals surface area contributed by atoms with Crippen LogP contribution in [0.2, 0.25) is 0 Å². The molecule has 1 atom stereocenters. The molecule has 0 bridgehead atoms. The van der Waals surface area contributed by atoms with Crippen molar-refractivity contribution in [2.45, 2.75) is 46.7 Å². The quantitative estimate of drug-likeness (QED) is 0.642. The summed E-state index contributed by atoms with van der Waals surface area (Å²) in [5, 5.41) is 2.88. The number of aryl methyl sites for hydroxylation is 1. The number of esters is 2. The highest BCUT2D eigenvalue weighted by Gasteiger charge is 2.24. The second-order valence-corrected chi connectivity index (χ2v) is 7.91. The molecule has 0 unspecified atom stereocenters. The molecule has 0 aromatic carbocycles. The monoisotopic (exact) mass is 423 g/mol. The van der Waals surface area contributed by atoms with Crippen molar-refractivity contribution in [3.63, 3.8) is 0 Å². The van der Waals surface area contributed by atoms with Crippen LogP contribution in [-0.4, -0.2) is 47.2 Å². The van der Waals surface area contributed by atoms with Crippen LogP contribution in [-0.2, 0) is 25.6 Å². The molecule has 10 heteroatoms. The van der Waals surface area contributed by atoms with Gasteiger partial charge in [-0.15, -0.1) is 11.3 Å². The van der Waals surface area contributed by atoms with E-state index in [0.717, 1.165) is 15.9 Å². The number of carbonyl (C=O) groups is 3. The second kappa shape index (κ2) is 9.64. The summed E-state index contributed by atoms with van der Waals surface area (Å²) < 4.78 is 10.9. The summed E-state index contributed by atoms with van der Waals surface area (Å²) >= 11 is 1.08. The first-order chi connectivity index (χ1) is 13.7. The zero-order chi connectivity index (χ0) is 21.7. The summed E-state index contributed by atoms with van der Waals surface area (Å²) in [6.45, 7) is 7.11. The van der Waals surface area contributed by atoms with Gasteiger partial charge in [-0.05, 0) is 31.7 Å². The Kier molecular flexibility index (Phi) is 7.49. The maximum absolute atomic E-state index is 12.8. The summed E-state index contributed by atoms with van der Waals surface area (Å²) in [5.74, 6) is -1.40. The van der Waals surface area contributed by atoms with E-state index in [-0.39, 0.29) is 24.5 Å². The van der Waals surface area contributed by atoms with Crippen molar-refractivity contribution < 1.29 is 23.9 Å². The van der Waals surface area contributed by atoms with Gasteiger partial charge in [0, 0.05) is 0 Å². The van der Waals surface area contributed by atoms with E-state index in [0.29, 0.717) is 21.7 Å². The molecule has 0 saturated heterocycles. The fourth-order valence-corrected chi connectivity index (χ4v) is 3.92. The Hall–Kier alpha value is -2.75. The molecule has 0 aliphatic rings. The summed E-state index contributed by atoms with van der Waals surface area (Å²) in [5.41, 5.74) is 0.0379. The van der Waals surface area contributed by atoms with Crippen molar-refractivity contribution in [2.75, 3.05) is 13.7 Å². The number of fused-ring (bicyclic) bond motifs is 1. The van der Waals surface area contributed by atoms with Crippen molar-refractivity contribution in [1.82, 2.24) is 14.9 Å². The number of nitrogens with zero attached hydrogens (tertiary/aromatic N) is 2. The molecule has 0 fully saturated rings. The third kappa shape index (κ3) is 5.20. The molecule has 0 radical (unpaired) electrons. The first kappa shape index (κ1) is 22.5. The average Bonchev–Trinajstić information content (AvgIpc) is 3.00. The SMILES string of the molecule is CCOC(=O)c1sc2ncn(CC(=O)N[C@@H](CC(C)C)C(=O)OC)c(=O)c2c1C. The van der Waals surface area contributed by atoms with Crippen molar-refractivity contribution in [2.24, 2.45) is 5.92 Å². The fraction of sp³-hybridized carbons (Fsp3) is 0.526. The molecule has 1 N–H and O–H groups in total. The standard InChI is InChI=1S/C19H25N3O6S/c1-6-28-19(26)15-11(4)14-16(29-15)20-9-22(17(14)24)8-13(23)21-12(7-10(2)3)18(25)27-5/h9-10,12H,6-8H2,1-5H3,(H,21,23)/t12-/m0/s1. The molecule has 2 rings (SSSR count). The highest BCUT2D eigenvalue weighted by atomic mass is 32.1. The van der Waals surface area contributed by atoms with E-state index < -0.39 is 29.4 Å². The van der Waals surface area contributed by atoms with Crippen LogP contribution in [0.3, 0.4) is 0 Å². The fourth-order valence-electron chi connectivity index (χ4n) is 2.89. The first-order valence-corrected chi connectivity index (χ1v) is 10.0. The van der Waals surface area contributed by atoms with Gasteiger partial charge in [0.25, 0.3) is 5.56 Å². The number of amides is 1. The number of ether oxygens (including phenoxy) is 2. The van der Waals surface area contributed by atoms with E-state index in [9.17, 15) is 19.2 Å². The minimum atomic E-state index is -0.793. The van der Waals surface area contributed by atoms with Crippen LogP contribution in [0, 0.1) is 12.8 Å². The zero-order valence-corrected chi connectivity index (χ0v) is 17.9. The Morgan fingerprint density at radius 3 is 2.59 bits per heavy atom. The van der Waals surface area contributed by atoms with Gasteiger partial charge in [0.15, 0.2) is 0 Å². The normalized spacial score (nSPS) is 12.1. The van der Waals surface area contributed by atoms with Crippen LogP contribution in [0.5, 0.6) is 0 Å². The Bertz CT molecular complexity index is 978. The Morgan fingerprint density at radius 2 is 2.00 bits per heavy atom. The number of nitrogens with one attached hydrogen (secondary N) is 1. The van der Waals surface area contributed by atoms with Crippen molar-refractivity contribution >= 4 is 39.4 Å². The summed E-state index contributed by atoms with van der Waals surface area (Å²) in [4.78, 5) is 54.1. The molecule has 9 nitrogen and oxygen atoms in total. The van der Waals surface area contributed by atoms with Crippen LogP contribution in [0.15, 0.2) is 11.1 Å². The average molecular weight is 423 g/mol. The van der Waals surface area contributed by atoms with Gasteiger partial charge >= 0.3 is 11.9 Å². The van der Waals surface area contributed by atoms with E-state index in [4.69, 9.17) is 9.47 Å². The lowest BCUT2D eigenvalue weighted by Gasteiger charge is -2.18. The van der Waals surface area contributed by atoms with Gasteiger partial charge in [0.1, 0.15) is 22.3 Å². The van der Waals surface area contributed by atoms with E-state index in [2.05, 4.69) is 10.3 Å². The summed E-state index contributed by atoms with van der Waals surface area (Å²) in [6, 6.07) is -0.793. The van der Waals surface area contributed by atoms with E-state index >= 15 is 0 Å². The Labute approximate surface area is 172 Å². The number of thiophene rings is 1. The number of aromatic nitrogens is 2. The number of rotatable bonds is 8. The number of carbonyl (C=O) groups excluding carboxylic acids is 3. The number of hydrogen-bond acceptors (Lipinski definition) is 8. The van der Waals surface area contributed by atoms with Crippen LogP contribution in [0.4, 0.5) is 0 Å². The van der Waals surface area contributed by atoms with Crippen LogP contribution in [0.25, 0.3) is 10.2 Å². The van der Waals surface area contributed by atoms with Crippen LogP contribution in [0.1, 0.15) is 42.4 Å². The number of hydrogen-bond donors (Lipinski definition) is 1. The third-order valence-electron chi connectivity index (χ3n) is 4.22. The topological polar surface area (TPSA) is 117 Å². The minimum absolute atomic E-state index is 0.162. The molecule has 2 aromatic heterocycles. The largest absolute Gasteiger partial charge is 0.467 e. The number of methoxy groups -OCH3 is 1. The van der Waals surface area contributed by atoms with Crippen LogP contribution >= 0.6 is 11.3 Å². The van der Waals surface area contributed by atoms with Crippen molar-refractivity contribution in [3.8, 4) is 0 Å². The summed E-state index contributed by atoms with van der Waals surface area (Å²) in [6.07, 6.45) is 1.67. The molecule has 0 aliphatic carbocycles. The lowest BCUT2D eigenvalue weighted by atomic mass is 10.0. The highest BCUT2D eigenvalue weighted by molar-refractivity contribution is 7.20. The van der Waals surface area contributed by atoms with Gasteiger partial charge < -0.3 is 14.8 Å². The lowest BCUT2D eigenvalue weighted by Crippen LogP contribution is -2.44. The van der Waals surface area contributed by atoms with Crippen molar-refractivity contribution in [1.29, 1.82) is 0 Å². The molecular weight excluding hydrogens is 398 g/mol. The summed E-state index contributed by atoms with van der Waals surface area (Å²) in [7, 11) is 1.25. The van der Waals surface area contributed by atoms with Gasteiger partial charge in [-0.1, -0.05) is 13.8 Å². The molecule has 2 aromatic rings. The van der Waals surface area contributed by atoms with Crippen molar-refractivity contribution in [3.05, 3.63) is 27.1 Å². The predicted molar refractivity (Wildman–Crippen MR) is 108 cm³/mol. The molecule has 0 spiro atoms. The van der Waals surface area contributed by atoms with Gasteiger partial charge in [-0.2, -0.15) is 0 Å². The lowest BCUT2D eigenvalue weighted by molar-refractivity contribution is -0.145. The Balaban J connectivity index is 2.27. The van der Waals surface area contributed by atoms with E-state index in [1.54, 1.807) is 13.8 Å². The molecule has 1 amide bonds. The molecule has 0 saturated carbocycles. The highest BCUT2D eigenvalue weighted by Crippen LogP contribution is 2.27. The maximum Gasteiger partial charge on any atom is 0.348 e. The van der Waals surface area contributed by atoms with Gasteiger partial charge in [0.05, 0.1) is 25.4 Å². The van der Waals surface area contributed by atoms with Crippen LogP contribution < -0.4 is 10.9 Å². The molecule has 158 valence electrons. The van der Waals surface area contributed by atoms with Gasteiger partial charge in [-0.25, -0.2) is 14.6 Å². The molecule has 2 heterocycles. The smallest absolute Gasteiger partial charge is 0.348 e. The molecular formula is C19H25N3O6S.